The van der Waals surface area contributed by atoms with Crippen LogP contribution in [0, 0.1) is 0 Å². The fourth-order valence-electron chi connectivity index (χ4n) is 1.61. The normalized spacial score (nSPS) is 15.1. The summed E-state index contributed by atoms with van der Waals surface area (Å²) in [4.78, 5) is 6.46. The molecule has 16 heavy (non-hydrogen) atoms. The summed E-state index contributed by atoms with van der Waals surface area (Å²) in [7, 11) is 1.67. The lowest BCUT2D eigenvalue weighted by Gasteiger charge is -2.29. The van der Waals surface area contributed by atoms with Gasteiger partial charge >= 0.3 is 0 Å². The molecule has 0 radical (unpaired) electrons. The standard InChI is InChI=1S/C10H15N3O.C2H6/c1-14-10-6-9(7-12-8-10)13-4-2-11-3-5-13;1-2/h6-8,11H,2-5H2,1H3;1-2H3. The molecule has 1 aromatic rings. The highest BCUT2D eigenvalue weighted by Gasteiger charge is 2.10. The zero-order valence-electron chi connectivity index (χ0n) is 10.4. The fourth-order valence-corrected chi connectivity index (χ4v) is 1.61. The molecule has 90 valence electrons. The van der Waals surface area contributed by atoms with Crippen LogP contribution in [0.4, 0.5) is 5.69 Å². The van der Waals surface area contributed by atoms with Gasteiger partial charge in [-0.05, 0) is 0 Å². The van der Waals surface area contributed by atoms with Crippen molar-refractivity contribution in [2.75, 3.05) is 38.2 Å². The van der Waals surface area contributed by atoms with Crippen molar-refractivity contribution in [1.29, 1.82) is 0 Å². The van der Waals surface area contributed by atoms with Gasteiger partial charge in [-0.15, -0.1) is 0 Å². The van der Waals surface area contributed by atoms with Crippen molar-refractivity contribution in [3.63, 3.8) is 0 Å². The van der Waals surface area contributed by atoms with Gasteiger partial charge in [-0.3, -0.25) is 4.98 Å². The van der Waals surface area contributed by atoms with Gasteiger partial charge in [0.05, 0.1) is 25.2 Å². The van der Waals surface area contributed by atoms with Crippen molar-refractivity contribution in [2.24, 2.45) is 0 Å². The lowest BCUT2D eigenvalue weighted by Crippen LogP contribution is -2.43. The molecule has 2 heterocycles. The third-order valence-electron chi connectivity index (χ3n) is 2.42. The topological polar surface area (TPSA) is 37.4 Å². The molecule has 0 saturated carbocycles. The Hall–Kier alpha value is -1.29. The minimum atomic E-state index is 0.820. The summed E-state index contributed by atoms with van der Waals surface area (Å²) in [5, 5.41) is 3.32. The molecule has 2 rings (SSSR count). The third-order valence-corrected chi connectivity index (χ3v) is 2.42. The van der Waals surface area contributed by atoms with Crippen LogP contribution >= 0.6 is 0 Å². The number of piperazine rings is 1. The number of rotatable bonds is 2. The highest BCUT2D eigenvalue weighted by atomic mass is 16.5. The quantitative estimate of drug-likeness (QED) is 0.825. The minimum Gasteiger partial charge on any atom is -0.495 e. The van der Waals surface area contributed by atoms with Crippen LogP contribution in [0.15, 0.2) is 18.5 Å². The Kier molecular flexibility index (Phi) is 5.64. The molecule has 1 aliphatic heterocycles. The summed E-state index contributed by atoms with van der Waals surface area (Å²) in [6, 6.07) is 2.03. The Balaban J connectivity index is 0.000000606. The molecule has 1 fully saturated rings. The number of hydrogen-bond acceptors (Lipinski definition) is 4. The SMILES string of the molecule is CC.COc1cncc(N2CCNCC2)c1. The van der Waals surface area contributed by atoms with Crippen molar-refractivity contribution in [3.8, 4) is 5.75 Å². The number of aromatic nitrogens is 1. The Bertz CT molecular complexity index is 298. The van der Waals surface area contributed by atoms with Crippen molar-refractivity contribution >= 4 is 5.69 Å². The molecule has 0 amide bonds. The average Bonchev–Trinajstić information content (AvgIpc) is 2.42. The van der Waals surface area contributed by atoms with E-state index in [1.54, 1.807) is 13.3 Å². The first-order valence-electron chi connectivity index (χ1n) is 5.85. The Morgan fingerprint density at radius 2 is 1.94 bits per heavy atom. The molecule has 1 aliphatic rings. The van der Waals surface area contributed by atoms with E-state index in [4.69, 9.17) is 4.74 Å². The van der Waals surface area contributed by atoms with Gasteiger partial charge in [0.1, 0.15) is 5.75 Å². The smallest absolute Gasteiger partial charge is 0.139 e. The molecule has 0 aromatic carbocycles. The lowest BCUT2D eigenvalue weighted by atomic mass is 10.3. The van der Waals surface area contributed by atoms with Gasteiger partial charge in [-0.1, -0.05) is 13.8 Å². The van der Waals surface area contributed by atoms with Crippen LogP contribution in [0.3, 0.4) is 0 Å². The first-order valence-corrected chi connectivity index (χ1v) is 5.85. The third kappa shape index (κ3) is 3.38. The number of pyridine rings is 1. The molecule has 0 atom stereocenters. The van der Waals surface area contributed by atoms with Crippen molar-refractivity contribution < 1.29 is 4.74 Å². The summed E-state index contributed by atoms with van der Waals surface area (Å²) < 4.78 is 5.14. The number of nitrogens with zero attached hydrogens (tertiary/aromatic N) is 2. The molecule has 4 nitrogen and oxygen atoms in total. The van der Waals surface area contributed by atoms with E-state index in [1.165, 1.54) is 0 Å². The maximum atomic E-state index is 5.14. The van der Waals surface area contributed by atoms with Crippen LogP contribution in [0.2, 0.25) is 0 Å². The number of ether oxygens (including phenoxy) is 1. The van der Waals surface area contributed by atoms with Crippen LogP contribution in [0.1, 0.15) is 13.8 Å². The van der Waals surface area contributed by atoms with Crippen molar-refractivity contribution in [2.45, 2.75) is 13.8 Å². The van der Waals surface area contributed by atoms with E-state index in [0.717, 1.165) is 37.6 Å². The van der Waals surface area contributed by atoms with Gasteiger partial charge in [0.25, 0.3) is 0 Å². The zero-order valence-corrected chi connectivity index (χ0v) is 10.4. The van der Waals surface area contributed by atoms with Crippen LogP contribution in [0.5, 0.6) is 5.75 Å². The molecule has 0 unspecified atom stereocenters. The average molecular weight is 223 g/mol. The van der Waals surface area contributed by atoms with E-state index in [9.17, 15) is 0 Å². The summed E-state index contributed by atoms with van der Waals surface area (Å²) >= 11 is 0. The first-order chi connectivity index (χ1) is 7.90. The predicted octanol–water partition coefficient (Wildman–Crippen LogP) is 1.53. The van der Waals surface area contributed by atoms with E-state index in [1.807, 2.05) is 26.1 Å². The summed E-state index contributed by atoms with van der Waals surface area (Å²) in [6.07, 6.45) is 3.61. The van der Waals surface area contributed by atoms with Crippen LogP contribution in [-0.2, 0) is 0 Å². The highest BCUT2D eigenvalue weighted by molar-refractivity contribution is 5.48. The second kappa shape index (κ2) is 7.06. The lowest BCUT2D eigenvalue weighted by molar-refractivity contribution is 0.412. The second-order valence-corrected chi connectivity index (χ2v) is 3.32. The van der Waals surface area contributed by atoms with E-state index in [0.29, 0.717) is 0 Å². The van der Waals surface area contributed by atoms with E-state index < -0.39 is 0 Å². The maximum absolute atomic E-state index is 5.14. The van der Waals surface area contributed by atoms with E-state index in [-0.39, 0.29) is 0 Å². The number of nitrogens with one attached hydrogen (secondary N) is 1. The fraction of sp³-hybridized carbons (Fsp3) is 0.583. The zero-order chi connectivity index (χ0) is 11.8. The summed E-state index contributed by atoms with van der Waals surface area (Å²) in [5.74, 6) is 0.820. The van der Waals surface area contributed by atoms with E-state index >= 15 is 0 Å². The number of anilines is 1. The van der Waals surface area contributed by atoms with Crippen molar-refractivity contribution in [1.82, 2.24) is 10.3 Å². The molecule has 1 saturated heterocycles. The van der Waals surface area contributed by atoms with Crippen molar-refractivity contribution in [3.05, 3.63) is 18.5 Å². The Labute approximate surface area is 97.6 Å². The Morgan fingerprint density at radius 3 is 2.56 bits per heavy atom. The predicted molar refractivity (Wildman–Crippen MR) is 67.2 cm³/mol. The molecule has 0 aliphatic carbocycles. The molecule has 0 bridgehead atoms. The van der Waals surface area contributed by atoms with Gasteiger partial charge < -0.3 is 15.0 Å². The molecule has 1 N–H and O–H groups in total. The monoisotopic (exact) mass is 223 g/mol. The molecule has 1 aromatic heterocycles. The maximum Gasteiger partial charge on any atom is 0.139 e. The number of methoxy groups -OCH3 is 1. The minimum absolute atomic E-state index is 0.820. The van der Waals surface area contributed by atoms with Gasteiger partial charge in [-0.2, -0.15) is 0 Å². The summed E-state index contributed by atoms with van der Waals surface area (Å²) in [5.41, 5.74) is 1.14. The number of hydrogen-bond donors (Lipinski definition) is 1. The highest BCUT2D eigenvalue weighted by Crippen LogP contribution is 2.19. The molecule has 4 heteroatoms. The molecule has 0 spiro atoms. The van der Waals surface area contributed by atoms with Crippen LogP contribution in [0.25, 0.3) is 0 Å². The van der Waals surface area contributed by atoms with Gasteiger partial charge in [0.2, 0.25) is 0 Å². The second-order valence-electron chi connectivity index (χ2n) is 3.32. The summed E-state index contributed by atoms with van der Waals surface area (Å²) in [6.45, 7) is 8.15. The van der Waals surface area contributed by atoms with Gasteiger partial charge in [-0.25, -0.2) is 0 Å². The van der Waals surface area contributed by atoms with Gasteiger partial charge in [0.15, 0.2) is 0 Å². The van der Waals surface area contributed by atoms with E-state index in [2.05, 4.69) is 15.2 Å². The largest absolute Gasteiger partial charge is 0.495 e. The Morgan fingerprint density at radius 1 is 1.25 bits per heavy atom. The van der Waals surface area contributed by atoms with Gasteiger partial charge in [0, 0.05) is 32.2 Å². The van der Waals surface area contributed by atoms with Crippen LogP contribution in [-0.4, -0.2) is 38.3 Å². The van der Waals surface area contributed by atoms with Crippen LogP contribution < -0.4 is 15.0 Å². The molecular formula is C12H21N3O. The first kappa shape index (κ1) is 12.8. The molecular weight excluding hydrogens is 202 g/mol.